The molecule has 1 aromatic rings. The van der Waals surface area contributed by atoms with E-state index in [0.29, 0.717) is 12.4 Å². The Labute approximate surface area is 93.3 Å². The van der Waals surface area contributed by atoms with Crippen molar-refractivity contribution in [3.63, 3.8) is 0 Å². The minimum Gasteiger partial charge on any atom is -0.459 e. The summed E-state index contributed by atoms with van der Waals surface area (Å²) in [6.07, 6.45) is 3.34. The molecule has 0 aliphatic carbocycles. The van der Waals surface area contributed by atoms with Crippen LogP contribution in [0.1, 0.15) is 12.8 Å². The highest BCUT2D eigenvalue weighted by atomic mass is 16.6. The number of carbonyl (C=O) groups is 1. The maximum atomic E-state index is 11.5. The Morgan fingerprint density at radius 3 is 3.25 bits per heavy atom. The Balaban J connectivity index is 1.79. The second kappa shape index (κ2) is 4.98. The number of nitrogens with two attached hydrogens (primary N) is 1. The third-order valence-corrected chi connectivity index (χ3v) is 2.37. The number of aromatic nitrogens is 2. The predicted molar refractivity (Wildman–Crippen MR) is 56.6 cm³/mol. The molecule has 1 atom stereocenters. The van der Waals surface area contributed by atoms with Crippen LogP contribution >= 0.6 is 0 Å². The molecule has 2 rings (SSSR count). The summed E-state index contributed by atoms with van der Waals surface area (Å²) in [6, 6.07) is 1.64. The molecule has 0 bridgehead atoms. The standard InChI is InChI=1S/C10H15N3O3/c11-9-3-4-13(12-9)6-10(14)16-8-2-1-5-15-7-8/h3-4,8H,1-2,5-7H2,(H2,11,12). The van der Waals surface area contributed by atoms with Crippen LogP contribution in [-0.2, 0) is 20.8 Å². The van der Waals surface area contributed by atoms with E-state index in [0.717, 1.165) is 19.4 Å². The van der Waals surface area contributed by atoms with Gasteiger partial charge in [0, 0.05) is 12.8 Å². The third-order valence-electron chi connectivity index (χ3n) is 2.37. The number of nitrogen functional groups attached to an aromatic ring is 1. The topological polar surface area (TPSA) is 79.4 Å². The molecule has 0 saturated carbocycles. The van der Waals surface area contributed by atoms with Gasteiger partial charge >= 0.3 is 5.97 Å². The first-order valence-electron chi connectivity index (χ1n) is 5.30. The average Bonchev–Trinajstić information content (AvgIpc) is 2.65. The van der Waals surface area contributed by atoms with E-state index >= 15 is 0 Å². The lowest BCUT2D eigenvalue weighted by Gasteiger charge is -2.22. The lowest BCUT2D eigenvalue weighted by atomic mass is 10.2. The van der Waals surface area contributed by atoms with Gasteiger partial charge in [-0.3, -0.25) is 9.48 Å². The maximum Gasteiger partial charge on any atom is 0.328 e. The molecule has 1 fully saturated rings. The van der Waals surface area contributed by atoms with Crippen molar-refractivity contribution < 1.29 is 14.3 Å². The van der Waals surface area contributed by atoms with E-state index in [-0.39, 0.29) is 18.6 Å². The molecule has 2 N–H and O–H groups in total. The fraction of sp³-hybridized carbons (Fsp3) is 0.600. The highest BCUT2D eigenvalue weighted by Gasteiger charge is 2.18. The van der Waals surface area contributed by atoms with Gasteiger partial charge in [0.15, 0.2) is 0 Å². The summed E-state index contributed by atoms with van der Waals surface area (Å²) in [5.74, 6) is 0.0902. The summed E-state index contributed by atoms with van der Waals surface area (Å²) in [5.41, 5.74) is 5.43. The Morgan fingerprint density at radius 1 is 1.75 bits per heavy atom. The molecular formula is C10H15N3O3. The lowest BCUT2D eigenvalue weighted by Crippen LogP contribution is -2.29. The Kier molecular flexibility index (Phi) is 3.40. The van der Waals surface area contributed by atoms with Gasteiger partial charge in [-0.1, -0.05) is 0 Å². The van der Waals surface area contributed by atoms with Crippen molar-refractivity contribution in [1.82, 2.24) is 9.78 Å². The number of nitrogens with zero attached hydrogens (tertiary/aromatic N) is 2. The van der Waals surface area contributed by atoms with Crippen molar-refractivity contribution in [3.8, 4) is 0 Å². The van der Waals surface area contributed by atoms with Gasteiger partial charge in [0.25, 0.3) is 0 Å². The number of anilines is 1. The van der Waals surface area contributed by atoms with Crippen LogP contribution in [0.3, 0.4) is 0 Å². The lowest BCUT2D eigenvalue weighted by molar-refractivity contribution is -0.156. The summed E-state index contributed by atoms with van der Waals surface area (Å²) in [6.45, 7) is 1.34. The van der Waals surface area contributed by atoms with E-state index in [1.54, 1.807) is 12.3 Å². The normalized spacial score (nSPS) is 20.6. The summed E-state index contributed by atoms with van der Waals surface area (Å²) >= 11 is 0. The van der Waals surface area contributed by atoms with E-state index in [9.17, 15) is 4.79 Å². The Hall–Kier alpha value is -1.56. The van der Waals surface area contributed by atoms with Gasteiger partial charge < -0.3 is 15.2 Å². The van der Waals surface area contributed by atoms with Crippen molar-refractivity contribution in [2.75, 3.05) is 18.9 Å². The van der Waals surface area contributed by atoms with Crippen LogP contribution in [0.15, 0.2) is 12.3 Å². The van der Waals surface area contributed by atoms with Gasteiger partial charge in [-0.15, -0.1) is 0 Å². The summed E-state index contributed by atoms with van der Waals surface area (Å²) < 4.78 is 11.9. The third kappa shape index (κ3) is 2.96. The number of hydrogen-bond donors (Lipinski definition) is 1. The molecule has 0 aromatic carbocycles. The van der Waals surface area contributed by atoms with E-state index < -0.39 is 0 Å². The molecule has 88 valence electrons. The maximum absolute atomic E-state index is 11.5. The Morgan fingerprint density at radius 2 is 2.62 bits per heavy atom. The fourth-order valence-electron chi connectivity index (χ4n) is 1.63. The largest absolute Gasteiger partial charge is 0.459 e. The minimum atomic E-state index is -0.307. The SMILES string of the molecule is Nc1ccn(CC(=O)OC2CCCOC2)n1. The Bertz CT molecular complexity index is 358. The molecule has 1 aliphatic rings. The molecule has 6 nitrogen and oxygen atoms in total. The van der Waals surface area contributed by atoms with Crippen LogP contribution in [0.5, 0.6) is 0 Å². The molecule has 1 unspecified atom stereocenters. The van der Waals surface area contributed by atoms with Gasteiger partial charge in [-0.2, -0.15) is 5.10 Å². The van der Waals surface area contributed by atoms with Crippen LogP contribution in [0.25, 0.3) is 0 Å². The number of carbonyl (C=O) groups excluding carboxylic acids is 1. The molecule has 1 aliphatic heterocycles. The first kappa shape index (κ1) is 10.9. The van der Waals surface area contributed by atoms with Crippen molar-refractivity contribution >= 4 is 11.8 Å². The van der Waals surface area contributed by atoms with E-state index in [1.165, 1.54) is 4.68 Å². The first-order valence-corrected chi connectivity index (χ1v) is 5.30. The second-order valence-electron chi connectivity index (χ2n) is 3.77. The van der Waals surface area contributed by atoms with E-state index in [2.05, 4.69) is 5.10 Å². The van der Waals surface area contributed by atoms with Gasteiger partial charge in [0.1, 0.15) is 18.5 Å². The van der Waals surface area contributed by atoms with Crippen LogP contribution in [-0.4, -0.2) is 35.1 Å². The predicted octanol–water partition coefficient (Wildman–Crippen LogP) is 0.187. The molecule has 16 heavy (non-hydrogen) atoms. The van der Waals surface area contributed by atoms with Gasteiger partial charge in [0.05, 0.1) is 6.61 Å². The molecule has 2 heterocycles. The summed E-state index contributed by atoms with van der Waals surface area (Å²) in [7, 11) is 0. The number of rotatable bonds is 3. The van der Waals surface area contributed by atoms with Gasteiger partial charge in [0.2, 0.25) is 0 Å². The van der Waals surface area contributed by atoms with E-state index in [1.807, 2.05) is 0 Å². The van der Waals surface area contributed by atoms with Crippen molar-refractivity contribution in [2.45, 2.75) is 25.5 Å². The van der Waals surface area contributed by atoms with Crippen LogP contribution < -0.4 is 5.73 Å². The van der Waals surface area contributed by atoms with Crippen LogP contribution in [0, 0.1) is 0 Å². The van der Waals surface area contributed by atoms with Gasteiger partial charge in [-0.25, -0.2) is 0 Å². The quantitative estimate of drug-likeness (QED) is 0.743. The zero-order valence-corrected chi connectivity index (χ0v) is 8.96. The summed E-state index contributed by atoms with van der Waals surface area (Å²) in [5, 5.41) is 3.91. The van der Waals surface area contributed by atoms with Crippen molar-refractivity contribution in [2.24, 2.45) is 0 Å². The number of ether oxygens (including phenoxy) is 2. The van der Waals surface area contributed by atoms with E-state index in [4.69, 9.17) is 15.2 Å². The zero-order chi connectivity index (χ0) is 11.4. The van der Waals surface area contributed by atoms with Crippen LogP contribution in [0.4, 0.5) is 5.82 Å². The molecule has 0 spiro atoms. The fourth-order valence-corrected chi connectivity index (χ4v) is 1.63. The minimum absolute atomic E-state index is 0.0910. The molecule has 1 aromatic heterocycles. The number of hydrogen-bond acceptors (Lipinski definition) is 5. The van der Waals surface area contributed by atoms with Crippen molar-refractivity contribution in [3.05, 3.63) is 12.3 Å². The molecular weight excluding hydrogens is 210 g/mol. The van der Waals surface area contributed by atoms with Crippen molar-refractivity contribution in [1.29, 1.82) is 0 Å². The highest BCUT2D eigenvalue weighted by Crippen LogP contribution is 2.10. The highest BCUT2D eigenvalue weighted by molar-refractivity contribution is 5.69. The average molecular weight is 225 g/mol. The molecule has 6 heteroatoms. The first-order chi connectivity index (χ1) is 7.74. The van der Waals surface area contributed by atoms with Crippen LogP contribution in [0.2, 0.25) is 0 Å². The zero-order valence-electron chi connectivity index (χ0n) is 8.96. The second-order valence-corrected chi connectivity index (χ2v) is 3.77. The molecule has 0 radical (unpaired) electrons. The molecule has 0 amide bonds. The number of esters is 1. The molecule has 1 saturated heterocycles. The smallest absolute Gasteiger partial charge is 0.328 e. The summed E-state index contributed by atoms with van der Waals surface area (Å²) in [4.78, 5) is 11.5. The van der Waals surface area contributed by atoms with Gasteiger partial charge in [-0.05, 0) is 18.9 Å². The monoisotopic (exact) mass is 225 g/mol.